The van der Waals surface area contributed by atoms with Gasteiger partial charge in [-0.15, -0.1) is 0 Å². The summed E-state index contributed by atoms with van der Waals surface area (Å²) in [4.78, 5) is 0. The van der Waals surface area contributed by atoms with Crippen LogP contribution in [-0.2, 0) is 16.8 Å². The molecule has 0 heterocycles. The maximum absolute atomic E-state index is 8.60. The Hall–Kier alpha value is 0.396. The first-order chi connectivity index (χ1) is 2.00. The van der Waals surface area contributed by atoms with Gasteiger partial charge in [0.25, 0.3) is 0 Å². The topological polar surface area (TPSA) is 299 Å². The van der Waals surface area contributed by atoms with Crippen molar-refractivity contribution in [2.45, 2.75) is 0 Å². The normalized spacial score (nSPS) is 5.00. The van der Waals surface area contributed by atoms with Gasteiger partial charge in [0.1, 0.15) is 0 Å². The summed E-state index contributed by atoms with van der Waals surface area (Å²) >= 11 is 0. The molecule has 0 unspecified atom stereocenters. The van der Waals surface area contributed by atoms with E-state index in [4.69, 9.17) is 18.6 Å². The van der Waals surface area contributed by atoms with E-state index < -0.39 is 10.2 Å². The molecular formula is H19ClCoN6O4. The minimum absolute atomic E-state index is 0. The van der Waals surface area contributed by atoms with Gasteiger partial charge < -0.3 is 36.9 Å². The minimum atomic E-state index is -4.69. The third-order valence-corrected chi connectivity index (χ3v) is 0. The van der Waals surface area contributed by atoms with Gasteiger partial charge in [0, 0.05) is 16.8 Å². The Morgan fingerprint density at radius 2 is 0.667 bits per heavy atom. The van der Waals surface area contributed by atoms with Crippen molar-refractivity contribution in [3.05, 3.63) is 0 Å². The number of rotatable bonds is 0. The van der Waals surface area contributed by atoms with Crippen LogP contribution in [0.4, 0.5) is 0 Å². The van der Waals surface area contributed by atoms with Crippen molar-refractivity contribution in [3.8, 4) is 0 Å². The fourth-order valence-corrected chi connectivity index (χ4v) is 0. The van der Waals surface area contributed by atoms with Crippen molar-refractivity contribution in [2.75, 3.05) is 0 Å². The summed E-state index contributed by atoms with van der Waals surface area (Å²) < 4.78 is 32.7. The van der Waals surface area contributed by atoms with Crippen LogP contribution >= 0.6 is 0 Å². The molecule has 0 aliphatic heterocycles. The van der Waals surface area contributed by atoms with E-state index in [0.29, 0.717) is 0 Å². The monoisotopic (exact) mass is 261 g/mol. The summed E-state index contributed by atoms with van der Waals surface area (Å²) in [6, 6.07) is 0. The van der Waals surface area contributed by atoms with Gasteiger partial charge in [-0.1, -0.05) is 0 Å². The van der Waals surface area contributed by atoms with Crippen LogP contribution in [0.5, 0.6) is 0 Å². The van der Waals surface area contributed by atoms with Crippen LogP contribution in [0.15, 0.2) is 0 Å². The molecule has 0 bridgehead atoms. The molecule has 12 heteroatoms. The van der Waals surface area contributed by atoms with Crippen LogP contribution in [0, 0.1) is 10.2 Å². The maximum atomic E-state index is 8.60. The Morgan fingerprint density at radius 1 is 0.667 bits per heavy atom. The zero-order valence-electron chi connectivity index (χ0n) is 6.63. The summed E-state index contributed by atoms with van der Waals surface area (Å²) in [6.07, 6.45) is 0. The first-order valence-corrected chi connectivity index (χ1v) is 1.90. The average molecular weight is 262 g/mol. The second kappa shape index (κ2) is 30.1. The SMILES string of the molecule is N.N.N.N.N.N.[Co].[O-][Cl+3]([O-])([O-])O. The molecule has 0 aliphatic rings. The van der Waals surface area contributed by atoms with Crippen molar-refractivity contribution in [2.24, 2.45) is 0 Å². The van der Waals surface area contributed by atoms with Crippen molar-refractivity contribution in [3.63, 3.8) is 0 Å². The Morgan fingerprint density at radius 3 is 0.667 bits per heavy atom. The van der Waals surface area contributed by atoms with Crippen LogP contribution < -0.4 is 50.9 Å². The third kappa shape index (κ3) is 5840. The molecule has 0 saturated carbocycles. The van der Waals surface area contributed by atoms with Crippen LogP contribution in [0.25, 0.3) is 0 Å². The predicted octanol–water partition coefficient (Wildman–Crippen LogP) is -3.15. The predicted molar refractivity (Wildman–Crippen MR) is 32.4 cm³/mol. The fraction of sp³-hybridized carbons (Fsp3) is 0. The van der Waals surface area contributed by atoms with Gasteiger partial charge in [-0.2, -0.15) is 14.0 Å². The Bertz CT molecular complexity index is 35.0. The Balaban J connectivity index is -0.00000000381. The van der Waals surface area contributed by atoms with Crippen molar-refractivity contribution >= 4 is 0 Å². The van der Waals surface area contributed by atoms with Crippen molar-refractivity contribution in [1.82, 2.24) is 36.9 Å². The van der Waals surface area contributed by atoms with E-state index in [1.807, 2.05) is 0 Å². The molecule has 0 aliphatic carbocycles. The average Bonchev–Trinajstić information content (AvgIpc) is 0.722. The van der Waals surface area contributed by atoms with Crippen LogP contribution in [0.3, 0.4) is 0 Å². The second-order valence-corrected chi connectivity index (χ2v) is 1.19. The number of halogens is 1. The molecule has 0 atom stereocenters. The molecule has 0 spiro atoms. The molecule has 89 valence electrons. The first-order valence-electron chi connectivity index (χ1n) is 0.632. The van der Waals surface area contributed by atoms with Crippen LogP contribution in [-0.4, -0.2) is 4.66 Å². The van der Waals surface area contributed by atoms with Gasteiger partial charge in [-0.05, 0) is 0 Å². The molecule has 0 aromatic heterocycles. The Labute approximate surface area is 83.1 Å². The largest absolute Gasteiger partial charge is 0.344 e. The zero-order valence-corrected chi connectivity index (χ0v) is 8.42. The van der Waals surface area contributed by atoms with Gasteiger partial charge in [-0.3, -0.25) is 0 Å². The summed E-state index contributed by atoms with van der Waals surface area (Å²) in [6.45, 7) is 0. The number of hydrogen-bond donors (Lipinski definition) is 7. The third-order valence-electron chi connectivity index (χ3n) is 0. The molecule has 12 heavy (non-hydrogen) atoms. The van der Waals surface area contributed by atoms with Gasteiger partial charge in [0.2, 0.25) is 0 Å². The van der Waals surface area contributed by atoms with Gasteiger partial charge >= 0.3 is 0 Å². The second-order valence-electron chi connectivity index (χ2n) is 0.396. The van der Waals surface area contributed by atoms with Crippen LogP contribution in [0.1, 0.15) is 0 Å². The summed E-state index contributed by atoms with van der Waals surface area (Å²) in [5.74, 6) is 0. The van der Waals surface area contributed by atoms with E-state index >= 15 is 0 Å². The van der Waals surface area contributed by atoms with Crippen LogP contribution in [0.2, 0.25) is 0 Å². The molecule has 0 fully saturated rings. The molecule has 1 radical (unpaired) electrons. The van der Waals surface area contributed by atoms with Gasteiger partial charge in [-0.25, -0.2) is 0 Å². The molecule has 10 nitrogen and oxygen atoms in total. The van der Waals surface area contributed by atoms with E-state index in [9.17, 15) is 0 Å². The fourth-order valence-electron chi connectivity index (χ4n) is 0. The molecule has 19 N–H and O–H groups in total. The van der Waals surface area contributed by atoms with Gasteiger partial charge in [0.15, 0.2) is 0 Å². The van der Waals surface area contributed by atoms with E-state index in [-0.39, 0.29) is 53.7 Å². The molecule has 0 rings (SSSR count). The van der Waals surface area contributed by atoms with Gasteiger partial charge in [0.05, 0.1) is 14.9 Å². The Kier molecular flexibility index (Phi) is 209. The molecule has 0 amide bonds. The molecule has 0 aromatic carbocycles. The van der Waals surface area contributed by atoms with E-state index in [0.717, 1.165) is 0 Å². The molecule has 0 saturated heterocycles. The quantitative estimate of drug-likeness (QED) is 0.229. The van der Waals surface area contributed by atoms with E-state index in [1.54, 1.807) is 0 Å². The standard InChI is InChI=1S/ClHO4.Co.6H3N/c2-1(3,4)5;;;;;;;/h(H,2,3,4,5);;6*1H3. The van der Waals surface area contributed by atoms with Crippen molar-refractivity contribution in [1.29, 1.82) is 0 Å². The summed E-state index contributed by atoms with van der Waals surface area (Å²) in [7, 11) is -4.69. The molecular weight excluding hydrogens is 242 g/mol. The van der Waals surface area contributed by atoms with Crippen molar-refractivity contribution < 1.29 is 45.7 Å². The zero-order chi connectivity index (χ0) is 4.50. The van der Waals surface area contributed by atoms with E-state index in [2.05, 4.69) is 0 Å². The summed E-state index contributed by atoms with van der Waals surface area (Å²) in [5, 5.41) is 0. The molecule has 0 aromatic rings. The maximum Gasteiger partial charge on any atom is 0.0777 e. The first kappa shape index (κ1) is 83.3. The number of hydrogen-bond acceptors (Lipinski definition) is 10. The minimum Gasteiger partial charge on any atom is -0.344 e. The smallest absolute Gasteiger partial charge is 0.0777 e. The van der Waals surface area contributed by atoms with E-state index in [1.165, 1.54) is 0 Å². The summed E-state index contributed by atoms with van der Waals surface area (Å²) in [5.41, 5.74) is 0.